The average molecular weight is 383 g/mol. The molecule has 6 heteroatoms. The van der Waals surface area contributed by atoms with Gasteiger partial charge in [-0.05, 0) is 44.9 Å². The van der Waals surface area contributed by atoms with Crippen molar-refractivity contribution in [1.29, 1.82) is 0 Å². The molecule has 0 bridgehead atoms. The second-order valence-corrected chi connectivity index (χ2v) is 7.49. The Hall–Kier alpha value is -2.73. The zero-order chi connectivity index (χ0) is 20.7. The zero-order valence-electron chi connectivity index (χ0n) is 17.0. The Morgan fingerprint density at radius 2 is 1.61 bits per heavy atom. The quantitative estimate of drug-likeness (QED) is 0.417. The molecule has 6 nitrogen and oxygen atoms in total. The number of amides is 2. The molecular weight excluding hydrogens is 352 g/mol. The van der Waals surface area contributed by atoms with Crippen molar-refractivity contribution in [3.8, 4) is 0 Å². The third-order valence-electron chi connectivity index (χ3n) is 4.87. The minimum atomic E-state index is -0.543. The van der Waals surface area contributed by atoms with Crippen LogP contribution in [0.3, 0.4) is 0 Å². The SMILES string of the molecule is CC(C)N(C(=O)C(c1cccnc1)C(CC(=O)NN)c1ccccc1)C(C)C. The van der Waals surface area contributed by atoms with Crippen molar-refractivity contribution in [2.24, 2.45) is 5.84 Å². The van der Waals surface area contributed by atoms with E-state index in [1.807, 2.05) is 75.1 Å². The summed E-state index contributed by atoms with van der Waals surface area (Å²) in [4.78, 5) is 32.0. The van der Waals surface area contributed by atoms with Gasteiger partial charge in [-0.25, -0.2) is 5.84 Å². The topological polar surface area (TPSA) is 88.3 Å². The Labute approximate surface area is 167 Å². The Morgan fingerprint density at radius 3 is 2.11 bits per heavy atom. The van der Waals surface area contributed by atoms with Crippen LogP contribution in [0, 0.1) is 0 Å². The van der Waals surface area contributed by atoms with Gasteiger partial charge in [0.25, 0.3) is 0 Å². The van der Waals surface area contributed by atoms with Crippen molar-refractivity contribution in [2.75, 3.05) is 0 Å². The van der Waals surface area contributed by atoms with Gasteiger partial charge in [0.2, 0.25) is 11.8 Å². The molecule has 0 aliphatic heterocycles. The van der Waals surface area contributed by atoms with Crippen LogP contribution >= 0.6 is 0 Å². The molecule has 1 aromatic carbocycles. The molecule has 2 atom stereocenters. The molecule has 0 spiro atoms. The van der Waals surface area contributed by atoms with Gasteiger partial charge in [0.05, 0.1) is 5.92 Å². The number of nitrogens with one attached hydrogen (secondary N) is 1. The molecule has 2 rings (SSSR count). The summed E-state index contributed by atoms with van der Waals surface area (Å²) in [5.41, 5.74) is 3.91. The lowest BCUT2D eigenvalue weighted by Crippen LogP contribution is -2.46. The van der Waals surface area contributed by atoms with Gasteiger partial charge in [-0.15, -0.1) is 0 Å². The van der Waals surface area contributed by atoms with Crippen LogP contribution in [-0.2, 0) is 9.59 Å². The van der Waals surface area contributed by atoms with Crippen molar-refractivity contribution in [3.05, 3.63) is 66.0 Å². The maximum Gasteiger partial charge on any atom is 0.234 e. The van der Waals surface area contributed by atoms with E-state index in [-0.39, 0.29) is 36.2 Å². The van der Waals surface area contributed by atoms with Gasteiger partial charge in [-0.1, -0.05) is 36.4 Å². The first kappa shape index (κ1) is 21.6. The molecule has 1 aromatic heterocycles. The minimum absolute atomic E-state index is 0.0170. The fraction of sp³-hybridized carbons (Fsp3) is 0.409. The van der Waals surface area contributed by atoms with E-state index in [0.29, 0.717) is 0 Å². The summed E-state index contributed by atoms with van der Waals surface area (Å²) in [5, 5.41) is 0. The molecule has 150 valence electrons. The summed E-state index contributed by atoms with van der Waals surface area (Å²) >= 11 is 0. The second-order valence-electron chi connectivity index (χ2n) is 7.49. The van der Waals surface area contributed by atoms with E-state index in [9.17, 15) is 9.59 Å². The Kier molecular flexibility index (Phi) is 7.70. The monoisotopic (exact) mass is 382 g/mol. The highest BCUT2D eigenvalue weighted by Crippen LogP contribution is 2.37. The van der Waals surface area contributed by atoms with Crippen LogP contribution in [0.5, 0.6) is 0 Å². The molecule has 0 saturated heterocycles. The van der Waals surface area contributed by atoms with Crippen LogP contribution in [0.1, 0.15) is 57.1 Å². The minimum Gasteiger partial charge on any atom is -0.337 e. The van der Waals surface area contributed by atoms with Gasteiger partial charge in [0.15, 0.2) is 0 Å². The van der Waals surface area contributed by atoms with Crippen LogP contribution in [0.2, 0.25) is 0 Å². The first-order valence-electron chi connectivity index (χ1n) is 9.63. The number of pyridine rings is 1. The van der Waals surface area contributed by atoms with E-state index in [4.69, 9.17) is 5.84 Å². The molecule has 2 amide bonds. The van der Waals surface area contributed by atoms with Gasteiger partial charge in [-0.2, -0.15) is 0 Å². The number of carbonyl (C=O) groups excluding carboxylic acids is 2. The number of rotatable bonds is 8. The largest absolute Gasteiger partial charge is 0.337 e. The second kappa shape index (κ2) is 9.99. The van der Waals surface area contributed by atoms with Crippen molar-refractivity contribution >= 4 is 11.8 Å². The van der Waals surface area contributed by atoms with E-state index in [1.54, 1.807) is 12.4 Å². The number of hydrazine groups is 1. The fourth-order valence-electron chi connectivity index (χ4n) is 3.76. The third kappa shape index (κ3) is 5.16. The zero-order valence-corrected chi connectivity index (χ0v) is 17.0. The van der Waals surface area contributed by atoms with Gasteiger partial charge < -0.3 is 4.90 Å². The van der Waals surface area contributed by atoms with E-state index in [0.717, 1.165) is 11.1 Å². The maximum absolute atomic E-state index is 13.7. The highest BCUT2D eigenvalue weighted by atomic mass is 16.2. The molecular formula is C22H30N4O2. The van der Waals surface area contributed by atoms with Crippen molar-refractivity contribution in [2.45, 2.75) is 58.0 Å². The van der Waals surface area contributed by atoms with Gasteiger partial charge in [0, 0.05) is 36.8 Å². The summed E-state index contributed by atoms with van der Waals surface area (Å²) in [6, 6.07) is 13.4. The summed E-state index contributed by atoms with van der Waals surface area (Å²) in [6.07, 6.45) is 3.49. The van der Waals surface area contributed by atoms with Gasteiger partial charge >= 0.3 is 0 Å². The summed E-state index contributed by atoms with van der Waals surface area (Å²) in [7, 11) is 0. The van der Waals surface area contributed by atoms with Crippen molar-refractivity contribution in [1.82, 2.24) is 15.3 Å². The van der Waals surface area contributed by atoms with Crippen LogP contribution < -0.4 is 11.3 Å². The van der Waals surface area contributed by atoms with E-state index >= 15 is 0 Å². The number of carbonyl (C=O) groups is 2. The molecule has 0 aliphatic carbocycles. The van der Waals surface area contributed by atoms with Crippen LogP contribution in [0.15, 0.2) is 54.9 Å². The fourth-order valence-corrected chi connectivity index (χ4v) is 3.76. The average Bonchev–Trinajstić information content (AvgIpc) is 2.68. The maximum atomic E-state index is 13.7. The summed E-state index contributed by atoms with van der Waals surface area (Å²) in [6.45, 7) is 8.01. The van der Waals surface area contributed by atoms with Crippen LogP contribution in [0.25, 0.3) is 0 Å². The number of hydrogen-bond acceptors (Lipinski definition) is 4. The lowest BCUT2D eigenvalue weighted by Gasteiger charge is -2.37. The molecule has 28 heavy (non-hydrogen) atoms. The third-order valence-corrected chi connectivity index (χ3v) is 4.87. The van der Waals surface area contributed by atoms with Crippen molar-refractivity contribution < 1.29 is 9.59 Å². The molecule has 0 radical (unpaired) electrons. The van der Waals surface area contributed by atoms with Crippen LogP contribution in [0.4, 0.5) is 0 Å². The summed E-state index contributed by atoms with van der Waals surface area (Å²) < 4.78 is 0. The molecule has 0 saturated carbocycles. The number of benzene rings is 1. The molecule has 0 fully saturated rings. The highest BCUT2D eigenvalue weighted by molar-refractivity contribution is 5.87. The van der Waals surface area contributed by atoms with Crippen LogP contribution in [-0.4, -0.2) is 33.8 Å². The number of nitrogens with two attached hydrogens (primary N) is 1. The Balaban J connectivity index is 2.59. The van der Waals surface area contributed by atoms with E-state index in [2.05, 4.69) is 10.4 Å². The van der Waals surface area contributed by atoms with Gasteiger partial charge in [0.1, 0.15) is 0 Å². The number of aromatic nitrogens is 1. The molecule has 0 aliphatic rings. The van der Waals surface area contributed by atoms with Crippen molar-refractivity contribution in [3.63, 3.8) is 0 Å². The Bertz CT molecular complexity index is 755. The highest BCUT2D eigenvalue weighted by Gasteiger charge is 2.37. The predicted octanol–water partition coefficient (Wildman–Crippen LogP) is 2.97. The lowest BCUT2D eigenvalue weighted by molar-refractivity contribution is -0.137. The number of hydrogen-bond donors (Lipinski definition) is 2. The molecule has 2 aromatic rings. The molecule has 2 unspecified atom stereocenters. The van der Waals surface area contributed by atoms with E-state index in [1.165, 1.54) is 0 Å². The smallest absolute Gasteiger partial charge is 0.234 e. The standard InChI is InChI=1S/C22H30N4O2/c1-15(2)26(16(3)4)22(28)21(18-11-8-12-24-14-18)19(13-20(27)25-23)17-9-6-5-7-10-17/h5-12,14-16,19,21H,13,23H2,1-4H3,(H,25,27). The molecule has 1 heterocycles. The lowest BCUT2D eigenvalue weighted by atomic mass is 9.78. The van der Waals surface area contributed by atoms with E-state index < -0.39 is 5.92 Å². The molecule has 3 N–H and O–H groups in total. The number of nitrogens with zero attached hydrogens (tertiary/aromatic N) is 2. The first-order chi connectivity index (χ1) is 13.4. The van der Waals surface area contributed by atoms with Gasteiger partial charge in [-0.3, -0.25) is 20.0 Å². The first-order valence-corrected chi connectivity index (χ1v) is 9.63. The Morgan fingerprint density at radius 1 is 1.00 bits per heavy atom. The predicted molar refractivity (Wildman–Crippen MR) is 110 cm³/mol. The normalized spacial score (nSPS) is 13.2. The summed E-state index contributed by atoms with van der Waals surface area (Å²) in [5.74, 6) is 4.13.